The first kappa shape index (κ1) is 9.18. The Balaban J connectivity index is 3.09. The molecule has 2 heteroatoms. The summed E-state index contributed by atoms with van der Waals surface area (Å²) in [5, 5.41) is 0. The van der Waals surface area contributed by atoms with E-state index in [0.29, 0.717) is 0 Å². The SMILES string of the molecule is CCN(CC)CCC[SiH2]. The Labute approximate surface area is 61.9 Å². The van der Waals surface area contributed by atoms with Crippen molar-refractivity contribution in [2.75, 3.05) is 19.6 Å². The summed E-state index contributed by atoms with van der Waals surface area (Å²) in [5.74, 6) is 0. The average molecular weight is 144 g/mol. The zero-order valence-electron chi connectivity index (χ0n) is 6.69. The van der Waals surface area contributed by atoms with Gasteiger partial charge in [0.2, 0.25) is 0 Å². The zero-order valence-corrected chi connectivity index (χ0v) is 8.10. The Morgan fingerprint density at radius 1 is 1.22 bits per heavy atom. The third kappa shape index (κ3) is 4.67. The van der Waals surface area contributed by atoms with E-state index in [1.807, 2.05) is 0 Å². The van der Waals surface area contributed by atoms with Crippen LogP contribution in [-0.4, -0.2) is 34.8 Å². The van der Waals surface area contributed by atoms with Crippen LogP contribution >= 0.6 is 0 Å². The van der Waals surface area contributed by atoms with Crippen molar-refractivity contribution >= 4 is 10.2 Å². The lowest BCUT2D eigenvalue weighted by atomic mass is 10.4. The Kier molecular flexibility index (Phi) is 6.42. The molecule has 0 saturated carbocycles. The van der Waals surface area contributed by atoms with Gasteiger partial charge in [0, 0.05) is 10.2 Å². The third-order valence-electron chi connectivity index (χ3n) is 1.62. The van der Waals surface area contributed by atoms with E-state index in [-0.39, 0.29) is 0 Å². The second-order valence-corrected chi connectivity index (χ2v) is 2.94. The quantitative estimate of drug-likeness (QED) is 0.515. The summed E-state index contributed by atoms with van der Waals surface area (Å²) in [6.45, 7) is 8.15. The summed E-state index contributed by atoms with van der Waals surface area (Å²) in [6.07, 6.45) is 1.36. The molecule has 0 fully saturated rings. The van der Waals surface area contributed by atoms with Gasteiger partial charge >= 0.3 is 0 Å². The van der Waals surface area contributed by atoms with Crippen LogP contribution < -0.4 is 0 Å². The smallest absolute Gasteiger partial charge is 0.00803 e. The molecule has 0 aromatic carbocycles. The molecule has 0 amide bonds. The molecular formula is C7H18NSi. The van der Waals surface area contributed by atoms with E-state index >= 15 is 0 Å². The second kappa shape index (κ2) is 6.30. The van der Waals surface area contributed by atoms with Crippen molar-refractivity contribution in [3.8, 4) is 0 Å². The van der Waals surface area contributed by atoms with Crippen molar-refractivity contribution in [1.29, 1.82) is 0 Å². The molecule has 0 N–H and O–H groups in total. The molecule has 1 radical (unpaired) electrons. The Morgan fingerprint density at radius 2 is 1.78 bits per heavy atom. The van der Waals surface area contributed by atoms with Gasteiger partial charge in [-0.25, -0.2) is 0 Å². The van der Waals surface area contributed by atoms with Gasteiger partial charge in [-0.05, 0) is 26.1 Å². The highest BCUT2D eigenvalue weighted by Gasteiger charge is 1.94. The molecule has 1 nitrogen and oxygen atoms in total. The van der Waals surface area contributed by atoms with Crippen molar-refractivity contribution in [2.24, 2.45) is 0 Å². The van der Waals surface area contributed by atoms with E-state index in [1.165, 1.54) is 32.1 Å². The van der Waals surface area contributed by atoms with Gasteiger partial charge in [0.1, 0.15) is 0 Å². The molecule has 0 saturated heterocycles. The molecule has 0 atom stereocenters. The first-order valence-corrected chi connectivity index (χ1v) is 4.86. The van der Waals surface area contributed by atoms with Gasteiger partial charge in [-0.3, -0.25) is 0 Å². The summed E-state index contributed by atoms with van der Waals surface area (Å²) >= 11 is 0. The molecule has 0 spiro atoms. The molecule has 0 aliphatic carbocycles. The maximum Gasteiger partial charge on any atom is 0.00803 e. The largest absolute Gasteiger partial charge is 0.304 e. The van der Waals surface area contributed by atoms with Crippen LogP contribution in [0.5, 0.6) is 0 Å². The predicted octanol–water partition coefficient (Wildman–Crippen LogP) is 0.770. The molecule has 0 aliphatic rings. The second-order valence-electron chi connectivity index (χ2n) is 2.23. The van der Waals surface area contributed by atoms with Crippen LogP contribution in [0.25, 0.3) is 0 Å². The molecular weight excluding hydrogens is 126 g/mol. The lowest BCUT2D eigenvalue weighted by molar-refractivity contribution is 0.305. The standard InChI is InChI=1S/C7H18NSi/c1-3-8(4-2)6-5-7-9/h3-7,9H2,1-2H3. The van der Waals surface area contributed by atoms with E-state index in [9.17, 15) is 0 Å². The third-order valence-corrected chi connectivity index (χ3v) is 2.12. The maximum absolute atomic E-state index is 2.47. The summed E-state index contributed by atoms with van der Waals surface area (Å²) in [5.41, 5.74) is 0. The van der Waals surface area contributed by atoms with Gasteiger partial charge in [0.25, 0.3) is 0 Å². The predicted molar refractivity (Wildman–Crippen MR) is 45.8 cm³/mol. The minimum atomic E-state index is 1.21. The van der Waals surface area contributed by atoms with Crippen LogP contribution in [0.1, 0.15) is 20.3 Å². The highest BCUT2D eigenvalue weighted by Crippen LogP contribution is 1.91. The summed E-state index contributed by atoms with van der Waals surface area (Å²) in [4.78, 5) is 2.47. The minimum absolute atomic E-state index is 1.21. The van der Waals surface area contributed by atoms with Crippen molar-refractivity contribution in [1.82, 2.24) is 4.90 Å². The van der Waals surface area contributed by atoms with E-state index in [2.05, 4.69) is 29.0 Å². The first-order valence-electron chi connectivity index (χ1n) is 3.86. The van der Waals surface area contributed by atoms with Crippen LogP contribution in [0.15, 0.2) is 0 Å². The van der Waals surface area contributed by atoms with Crippen molar-refractivity contribution in [3.05, 3.63) is 0 Å². The summed E-state index contributed by atoms with van der Waals surface area (Å²) in [6, 6.07) is 1.34. The van der Waals surface area contributed by atoms with Crippen LogP contribution in [-0.2, 0) is 0 Å². The molecule has 0 aromatic heterocycles. The van der Waals surface area contributed by atoms with E-state index < -0.39 is 0 Å². The van der Waals surface area contributed by atoms with Gasteiger partial charge < -0.3 is 4.90 Å². The highest BCUT2D eigenvalue weighted by atomic mass is 28.1. The molecule has 9 heavy (non-hydrogen) atoms. The minimum Gasteiger partial charge on any atom is -0.304 e. The van der Waals surface area contributed by atoms with E-state index in [0.717, 1.165) is 0 Å². The maximum atomic E-state index is 2.47. The molecule has 0 aromatic rings. The van der Waals surface area contributed by atoms with Crippen LogP contribution in [0.4, 0.5) is 0 Å². The Bertz CT molecular complexity index is 52.9. The normalized spacial score (nSPS) is 10.7. The fourth-order valence-electron chi connectivity index (χ4n) is 0.875. The molecule has 0 rings (SSSR count). The molecule has 0 unspecified atom stereocenters. The summed E-state index contributed by atoms with van der Waals surface area (Å²) in [7, 11) is 2.07. The topological polar surface area (TPSA) is 3.24 Å². The average Bonchev–Trinajstić information content (AvgIpc) is 1.91. The highest BCUT2D eigenvalue weighted by molar-refractivity contribution is 6.08. The lowest BCUT2D eigenvalue weighted by Gasteiger charge is -2.16. The zero-order chi connectivity index (χ0) is 7.11. The van der Waals surface area contributed by atoms with Gasteiger partial charge in [-0.15, -0.1) is 0 Å². The van der Waals surface area contributed by atoms with Crippen molar-refractivity contribution in [3.63, 3.8) is 0 Å². The molecule has 0 aliphatic heterocycles. The van der Waals surface area contributed by atoms with Gasteiger partial charge in [-0.1, -0.05) is 19.9 Å². The Morgan fingerprint density at radius 3 is 2.11 bits per heavy atom. The monoisotopic (exact) mass is 144 g/mol. The van der Waals surface area contributed by atoms with Crippen molar-refractivity contribution < 1.29 is 0 Å². The van der Waals surface area contributed by atoms with E-state index in [4.69, 9.17) is 0 Å². The molecule has 0 bridgehead atoms. The van der Waals surface area contributed by atoms with Crippen molar-refractivity contribution in [2.45, 2.75) is 26.3 Å². The Hall–Kier alpha value is 0.177. The first-order chi connectivity index (χ1) is 4.35. The number of hydrogen-bond acceptors (Lipinski definition) is 1. The van der Waals surface area contributed by atoms with Crippen LogP contribution in [0.2, 0.25) is 6.04 Å². The number of hydrogen-bond donors (Lipinski definition) is 0. The van der Waals surface area contributed by atoms with E-state index in [1.54, 1.807) is 0 Å². The number of nitrogens with zero attached hydrogens (tertiary/aromatic N) is 1. The van der Waals surface area contributed by atoms with Crippen LogP contribution in [0, 0.1) is 0 Å². The van der Waals surface area contributed by atoms with Gasteiger partial charge in [0.15, 0.2) is 0 Å². The fourth-order valence-corrected chi connectivity index (χ4v) is 1.10. The van der Waals surface area contributed by atoms with Gasteiger partial charge in [0.05, 0.1) is 0 Å². The van der Waals surface area contributed by atoms with Crippen LogP contribution in [0.3, 0.4) is 0 Å². The molecule has 55 valence electrons. The summed E-state index contributed by atoms with van der Waals surface area (Å²) < 4.78 is 0. The lowest BCUT2D eigenvalue weighted by Crippen LogP contribution is -2.23. The molecule has 0 heterocycles. The van der Waals surface area contributed by atoms with Gasteiger partial charge in [-0.2, -0.15) is 0 Å². The fraction of sp³-hybridized carbons (Fsp3) is 1.00. The number of rotatable bonds is 5.